The molecule has 98 valence electrons. The van der Waals surface area contributed by atoms with E-state index in [4.69, 9.17) is 6.57 Å². The lowest BCUT2D eigenvalue weighted by molar-refractivity contribution is -0.134. The van der Waals surface area contributed by atoms with E-state index in [2.05, 4.69) is 16.2 Å². The standard InChI is InChI=1S/C15H17N3O/c1-16-13-4-2-11-3-5-14(9-12(11)8-13)18-7-6-17-10-15(18)19/h2,4,8,14,17H,3,5-7,9-10H2. The molecule has 2 aliphatic rings. The van der Waals surface area contributed by atoms with E-state index in [0.29, 0.717) is 18.3 Å². The highest BCUT2D eigenvalue weighted by molar-refractivity contribution is 5.79. The van der Waals surface area contributed by atoms with Crippen LogP contribution >= 0.6 is 0 Å². The van der Waals surface area contributed by atoms with Crippen molar-refractivity contribution in [3.05, 3.63) is 40.7 Å². The minimum absolute atomic E-state index is 0.209. The molecule has 0 radical (unpaired) electrons. The van der Waals surface area contributed by atoms with Crippen LogP contribution in [0.4, 0.5) is 5.69 Å². The molecule has 1 aliphatic heterocycles. The quantitative estimate of drug-likeness (QED) is 0.773. The molecule has 1 aromatic carbocycles. The van der Waals surface area contributed by atoms with Crippen LogP contribution in [0.1, 0.15) is 17.5 Å². The Labute approximate surface area is 113 Å². The Kier molecular flexibility index (Phi) is 3.22. The molecule has 1 fully saturated rings. The van der Waals surface area contributed by atoms with Gasteiger partial charge in [-0.2, -0.15) is 0 Å². The lowest BCUT2D eigenvalue weighted by Crippen LogP contribution is -2.53. The van der Waals surface area contributed by atoms with Crippen LogP contribution in [0.5, 0.6) is 0 Å². The van der Waals surface area contributed by atoms with Gasteiger partial charge in [0, 0.05) is 19.1 Å². The fraction of sp³-hybridized carbons (Fsp3) is 0.467. The Morgan fingerprint density at radius 2 is 2.26 bits per heavy atom. The minimum Gasteiger partial charge on any atom is -0.337 e. The SMILES string of the molecule is [C-]#[N+]c1ccc2c(c1)CC(N1CCNCC1=O)CC2. The van der Waals surface area contributed by atoms with Crippen molar-refractivity contribution in [1.82, 2.24) is 10.2 Å². The maximum Gasteiger partial charge on any atom is 0.236 e. The van der Waals surface area contributed by atoms with Crippen LogP contribution in [0.25, 0.3) is 4.85 Å². The van der Waals surface area contributed by atoms with Crippen molar-refractivity contribution < 1.29 is 4.79 Å². The third-order valence-corrected chi connectivity index (χ3v) is 4.09. The Morgan fingerprint density at radius 1 is 1.37 bits per heavy atom. The molecule has 4 heteroatoms. The average Bonchev–Trinajstić information content (AvgIpc) is 2.46. The Hall–Kier alpha value is -1.86. The van der Waals surface area contributed by atoms with Gasteiger partial charge < -0.3 is 10.2 Å². The first-order valence-electron chi connectivity index (χ1n) is 6.77. The summed E-state index contributed by atoms with van der Waals surface area (Å²) in [6.07, 6.45) is 2.94. The molecule has 3 rings (SSSR count). The van der Waals surface area contributed by atoms with Gasteiger partial charge >= 0.3 is 0 Å². The van der Waals surface area contributed by atoms with Crippen molar-refractivity contribution in [1.29, 1.82) is 0 Å². The molecule has 1 heterocycles. The highest BCUT2D eigenvalue weighted by Crippen LogP contribution is 2.28. The number of aryl methyl sites for hydroxylation is 1. The van der Waals surface area contributed by atoms with E-state index in [-0.39, 0.29) is 5.91 Å². The molecular formula is C15H17N3O. The lowest BCUT2D eigenvalue weighted by Gasteiger charge is -2.37. The van der Waals surface area contributed by atoms with Crippen LogP contribution in [-0.2, 0) is 17.6 Å². The Bertz CT molecular complexity index is 547. The number of piperazine rings is 1. The van der Waals surface area contributed by atoms with E-state index >= 15 is 0 Å². The summed E-state index contributed by atoms with van der Waals surface area (Å²) in [5, 5.41) is 3.11. The fourth-order valence-electron chi connectivity index (χ4n) is 3.07. The molecule has 1 atom stereocenters. The van der Waals surface area contributed by atoms with Crippen LogP contribution < -0.4 is 5.32 Å². The highest BCUT2D eigenvalue weighted by Gasteiger charge is 2.28. The summed E-state index contributed by atoms with van der Waals surface area (Å²) >= 11 is 0. The van der Waals surface area contributed by atoms with E-state index in [1.165, 1.54) is 11.1 Å². The lowest BCUT2D eigenvalue weighted by atomic mass is 9.87. The number of fused-ring (bicyclic) bond motifs is 1. The molecule has 1 amide bonds. The molecule has 1 aliphatic carbocycles. The topological polar surface area (TPSA) is 36.7 Å². The second kappa shape index (κ2) is 5.02. The maximum absolute atomic E-state index is 11.9. The monoisotopic (exact) mass is 255 g/mol. The average molecular weight is 255 g/mol. The third-order valence-electron chi connectivity index (χ3n) is 4.09. The molecule has 4 nitrogen and oxygen atoms in total. The van der Waals surface area contributed by atoms with Crippen molar-refractivity contribution in [2.45, 2.75) is 25.3 Å². The van der Waals surface area contributed by atoms with Gasteiger partial charge in [0.25, 0.3) is 0 Å². The van der Waals surface area contributed by atoms with Gasteiger partial charge in [-0.1, -0.05) is 23.8 Å². The summed E-state index contributed by atoms with van der Waals surface area (Å²) in [6, 6.07) is 6.25. The normalized spacial score (nSPS) is 22.8. The van der Waals surface area contributed by atoms with Gasteiger partial charge in [-0.3, -0.25) is 4.79 Å². The van der Waals surface area contributed by atoms with Gasteiger partial charge in [-0.15, -0.1) is 0 Å². The molecule has 1 aromatic rings. The number of hydrogen-bond acceptors (Lipinski definition) is 2. The molecule has 1 unspecified atom stereocenters. The van der Waals surface area contributed by atoms with Gasteiger partial charge in [0.1, 0.15) is 0 Å². The van der Waals surface area contributed by atoms with E-state index < -0.39 is 0 Å². The summed E-state index contributed by atoms with van der Waals surface area (Å²) in [5.41, 5.74) is 3.29. The van der Waals surface area contributed by atoms with Gasteiger partial charge in [-0.25, -0.2) is 4.85 Å². The number of nitrogens with one attached hydrogen (secondary N) is 1. The third kappa shape index (κ3) is 2.34. The van der Waals surface area contributed by atoms with Gasteiger partial charge in [-0.05, 0) is 24.8 Å². The van der Waals surface area contributed by atoms with Crippen LogP contribution in [0.3, 0.4) is 0 Å². The van der Waals surface area contributed by atoms with E-state index in [1.54, 1.807) is 0 Å². The largest absolute Gasteiger partial charge is 0.337 e. The predicted molar refractivity (Wildman–Crippen MR) is 73.1 cm³/mol. The summed E-state index contributed by atoms with van der Waals surface area (Å²) in [4.78, 5) is 17.5. The van der Waals surface area contributed by atoms with Crippen molar-refractivity contribution in [2.24, 2.45) is 0 Å². The molecule has 0 spiro atoms. The van der Waals surface area contributed by atoms with Crippen molar-refractivity contribution >= 4 is 11.6 Å². The highest BCUT2D eigenvalue weighted by atomic mass is 16.2. The smallest absolute Gasteiger partial charge is 0.236 e. The van der Waals surface area contributed by atoms with Crippen molar-refractivity contribution in [2.75, 3.05) is 19.6 Å². The zero-order valence-corrected chi connectivity index (χ0v) is 10.9. The molecule has 0 bridgehead atoms. The predicted octanol–water partition coefficient (Wildman–Crippen LogP) is 1.53. The number of carbonyl (C=O) groups excluding carboxylic acids is 1. The van der Waals surface area contributed by atoms with Crippen LogP contribution in [-0.4, -0.2) is 36.5 Å². The molecule has 0 aromatic heterocycles. The number of benzene rings is 1. The van der Waals surface area contributed by atoms with Gasteiger partial charge in [0.05, 0.1) is 13.1 Å². The molecule has 1 saturated heterocycles. The molecular weight excluding hydrogens is 238 g/mol. The minimum atomic E-state index is 0.209. The van der Waals surface area contributed by atoms with Gasteiger partial charge in [0.15, 0.2) is 5.69 Å². The molecule has 1 N–H and O–H groups in total. The second-order valence-electron chi connectivity index (χ2n) is 5.23. The fourth-order valence-corrected chi connectivity index (χ4v) is 3.07. The first kappa shape index (κ1) is 12.2. The van der Waals surface area contributed by atoms with Crippen LogP contribution in [0.2, 0.25) is 0 Å². The van der Waals surface area contributed by atoms with E-state index in [0.717, 1.165) is 32.4 Å². The number of amides is 1. The summed E-state index contributed by atoms with van der Waals surface area (Å²) in [7, 11) is 0. The second-order valence-corrected chi connectivity index (χ2v) is 5.23. The van der Waals surface area contributed by atoms with Crippen LogP contribution in [0.15, 0.2) is 18.2 Å². The summed E-state index contributed by atoms with van der Waals surface area (Å²) < 4.78 is 0. The Morgan fingerprint density at radius 3 is 3.05 bits per heavy atom. The van der Waals surface area contributed by atoms with Crippen molar-refractivity contribution in [3.8, 4) is 0 Å². The number of rotatable bonds is 1. The number of carbonyl (C=O) groups is 1. The number of nitrogens with zero attached hydrogens (tertiary/aromatic N) is 2. The zero-order chi connectivity index (χ0) is 13.2. The zero-order valence-electron chi connectivity index (χ0n) is 10.9. The summed E-state index contributed by atoms with van der Waals surface area (Å²) in [5.74, 6) is 0.209. The summed E-state index contributed by atoms with van der Waals surface area (Å²) in [6.45, 7) is 9.25. The Balaban J connectivity index is 1.81. The maximum atomic E-state index is 11.9. The van der Waals surface area contributed by atoms with Crippen molar-refractivity contribution in [3.63, 3.8) is 0 Å². The number of hydrogen-bond donors (Lipinski definition) is 1. The van der Waals surface area contributed by atoms with Gasteiger partial charge in [0.2, 0.25) is 5.91 Å². The first-order chi connectivity index (χ1) is 9.28. The van der Waals surface area contributed by atoms with E-state index in [9.17, 15) is 4.79 Å². The molecule has 0 saturated carbocycles. The first-order valence-corrected chi connectivity index (χ1v) is 6.77. The van der Waals surface area contributed by atoms with Crippen LogP contribution in [0, 0.1) is 6.57 Å². The van der Waals surface area contributed by atoms with E-state index in [1.807, 2.05) is 17.0 Å². The molecule has 19 heavy (non-hydrogen) atoms.